The Labute approximate surface area is 180 Å². The van der Waals surface area contributed by atoms with Gasteiger partial charge in [0.15, 0.2) is 5.11 Å². The van der Waals surface area contributed by atoms with Gasteiger partial charge in [0.05, 0.1) is 18.6 Å². The number of hydrogen-bond donors (Lipinski definition) is 2. The van der Waals surface area contributed by atoms with Crippen LogP contribution in [0, 0.1) is 17.3 Å². The lowest BCUT2D eigenvalue weighted by Gasteiger charge is -2.26. The Morgan fingerprint density at radius 3 is 2.75 bits per heavy atom. The molecule has 1 aliphatic rings. The Morgan fingerprint density at radius 1 is 1.32 bits per heavy atom. The van der Waals surface area contributed by atoms with Crippen molar-refractivity contribution >= 4 is 46.1 Å². The van der Waals surface area contributed by atoms with Crippen molar-refractivity contribution in [2.75, 3.05) is 31.3 Å². The molecule has 1 fully saturated rings. The average Bonchev–Trinajstić information content (AvgIpc) is 3.36. The maximum absolute atomic E-state index is 9.36. The summed E-state index contributed by atoms with van der Waals surface area (Å²) in [6.07, 6.45) is 0. The Hall–Kier alpha value is -1.72. The summed E-state index contributed by atoms with van der Waals surface area (Å²) in [6, 6.07) is 11.9. The van der Waals surface area contributed by atoms with E-state index < -0.39 is 0 Å². The van der Waals surface area contributed by atoms with Gasteiger partial charge >= 0.3 is 0 Å². The zero-order chi connectivity index (χ0) is 20.1. The number of nitrogens with zero attached hydrogens (tertiary/aromatic N) is 1. The van der Waals surface area contributed by atoms with Crippen molar-refractivity contribution in [1.82, 2.24) is 4.90 Å². The quantitative estimate of drug-likeness (QED) is 0.545. The van der Waals surface area contributed by atoms with Crippen LogP contribution in [0.2, 0.25) is 0 Å². The van der Waals surface area contributed by atoms with E-state index in [1.54, 1.807) is 18.4 Å². The average molecular weight is 433 g/mol. The lowest BCUT2D eigenvalue weighted by molar-refractivity contribution is 0.207. The van der Waals surface area contributed by atoms with Gasteiger partial charge in [-0.3, -0.25) is 0 Å². The topological polar surface area (TPSA) is 44.7 Å². The summed E-state index contributed by atoms with van der Waals surface area (Å²) in [5, 5.41) is 13.6. The molecule has 0 amide bonds. The van der Waals surface area contributed by atoms with Gasteiger partial charge in [-0.25, -0.2) is 0 Å². The van der Waals surface area contributed by atoms with Crippen LogP contribution in [0.25, 0.3) is 0 Å². The van der Waals surface area contributed by atoms with Crippen molar-refractivity contribution in [2.45, 2.75) is 19.2 Å². The summed E-state index contributed by atoms with van der Waals surface area (Å²) in [6.45, 7) is 4.84. The highest BCUT2D eigenvalue weighted by Gasteiger charge is 2.29. The number of thiophene rings is 1. The van der Waals surface area contributed by atoms with Gasteiger partial charge in [0.1, 0.15) is 11.1 Å². The number of thioether (sulfide) groups is 1. The number of rotatable bonds is 4. The second kappa shape index (κ2) is 9.19. The molecule has 1 aliphatic heterocycles. The van der Waals surface area contributed by atoms with E-state index in [9.17, 15) is 5.11 Å². The number of benzene rings is 1. The van der Waals surface area contributed by atoms with Gasteiger partial charge in [0.25, 0.3) is 0 Å². The summed E-state index contributed by atoms with van der Waals surface area (Å²) in [4.78, 5) is 4.48. The molecular weight excluding hydrogens is 408 g/mol. The second-order valence-electron chi connectivity index (χ2n) is 7.07. The lowest BCUT2D eigenvalue weighted by atomic mass is 9.96. The molecule has 1 atom stereocenters. The number of anilines is 1. The van der Waals surface area contributed by atoms with Crippen LogP contribution in [0.1, 0.15) is 29.0 Å². The molecule has 0 saturated carbocycles. The van der Waals surface area contributed by atoms with Crippen molar-refractivity contribution < 1.29 is 9.84 Å². The van der Waals surface area contributed by atoms with E-state index >= 15 is 0 Å². The SMILES string of the molecule is COc1ccc(NC(=S)N2CCSC2c2ccc(C#CC(C)(C)CO)s2)cc1. The van der Waals surface area contributed by atoms with Crippen molar-refractivity contribution in [3.8, 4) is 17.6 Å². The molecule has 1 aromatic carbocycles. The first kappa shape index (κ1) is 21.0. The fourth-order valence-corrected chi connectivity index (χ4v) is 5.35. The minimum Gasteiger partial charge on any atom is -0.497 e. The number of ether oxygens (including phenoxy) is 1. The molecule has 0 aliphatic carbocycles. The zero-order valence-electron chi connectivity index (χ0n) is 16.2. The molecule has 2 aromatic rings. The molecule has 1 unspecified atom stereocenters. The fraction of sp³-hybridized carbons (Fsp3) is 0.381. The maximum Gasteiger partial charge on any atom is 0.174 e. The van der Waals surface area contributed by atoms with E-state index in [2.05, 4.69) is 34.2 Å². The Balaban J connectivity index is 1.69. The molecule has 0 radical (unpaired) electrons. The highest BCUT2D eigenvalue weighted by atomic mass is 32.2. The number of nitrogens with one attached hydrogen (secondary N) is 1. The smallest absolute Gasteiger partial charge is 0.174 e. The monoisotopic (exact) mass is 432 g/mol. The summed E-state index contributed by atoms with van der Waals surface area (Å²) in [5.41, 5.74) is 0.563. The van der Waals surface area contributed by atoms with E-state index in [1.165, 1.54) is 4.88 Å². The summed E-state index contributed by atoms with van der Waals surface area (Å²) >= 11 is 9.26. The predicted octanol–water partition coefficient (Wildman–Crippen LogP) is 4.57. The van der Waals surface area contributed by atoms with Crippen molar-refractivity contribution in [1.29, 1.82) is 0 Å². The molecular formula is C21H24N2O2S3. The largest absolute Gasteiger partial charge is 0.497 e. The van der Waals surface area contributed by atoms with Crippen LogP contribution >= 0.6 is 35.3 Å². The molecule has 3 rings (SSSR count). The van der Waals surface area contributed by atoms with E-state index in [0.717, 1.165) is 33.7 Å². The third-order valence-electron chi connectivity index (χ3n) is 4.28. The van der Waals surface area contributed by atoms with Crippen LogP contribution in [0.5, 0.6) is 5.75 Å². The van der Waals surface area contributed by atoms with E-state index in [4.69, 9.17) is 17.0 Å². The highest BCUT2D eigenvalue weighted by Crippen LogP contribution is 2.41. The zero-order valence-corrected chi connectivity index (χ0v) is 18.6. The molecule has 2 N–H and O–H groups in total. The second-order valence-corrected chi connectivity index (χ2v) is 9.76. The van der Waals surface area contributed by atoms with Crippen LogP contribution in [0.15, 0.2) is 36.4 Å². The minimum atomic E-state index is -0.387. The third kappa shape index (κ3) is 5.21. The highest BCUT2D eigenvalue weighted by molar-refractivity contribution is 7.99. The maximum atomic E-state index is 9.36. The molecule has 2 heterocycles. The number of aliphatic hydroxyl groups excluding tert-OH is 1. The molecule has 148 valence electrons. The standard InChI is InChI=1S/C21H24N2O2S3/c1-21(2,14-24)11-10-17-8-9-18(28-17)19-23(12-13-27-19)20(26)22-15-4-6-16(25-3)7-5-15/h4-9,19,24H,12-14H2,1-3H3,(H,22,26). The molecule has 4 nitrogen and oxygen atoms in total. The van der Waals surface area contributed by atoms with E-state index in [1.807, 2.05) is 49.9 Å². The first-order valence-electron chi connectivity index (χ1n) is 8.99. The minimum absolute atomic E-state index is 0.0514. The van der Waals surface area contributed by atoms with Gasteiger partial charge in [0, 0.05) is 28.3 Å². The number of aliphatic hydroxyl groups is 1. The van der Waals surface area contributed by atoms with Gasteiger partial charge in [0.2, 0.25) is 0 Å². The van der Waals surface area contributed by atoms with Crippen molar-refractivity contribution in [3.63, 3.8) is 0 Å². The van der Waals surface area contributed by atoms with Crippen LogP contribution < -0.4 is 10.1 Å². The molecule has 1 aromatic heterocycles. The predicted molar refractivity (Wildman–Crippen MR) is 123 cm³/mol. The first-order chi connectivity index (χ1) is 13.4. The lowest BCUT2D eigenvalue weighted by Crippen LogP contribution is -2.33. The van der Waals surface area contributed by atoms with Crippen LogP contribution in [-0.2, 0) is 0 Å². The molecule has 1 saturated heterocycles. The number of methoxy groups -OCH3 is 1. The van der Waals surface area contributed by atoms with Gasteiger partial charge in [-0.15, -0.1) is 23.1 Å². The third-order valence-corrected chi connectivity index (χ3v) is 7.06. The van der Waals surface area contributed by atoms with Gasteiger partial charge in [-0.05, 0) is 62.5 Å². The molecule has 28 heavy (non-hydrogen) atoms. The normalized spacial score (nSPS) is 16.4. The summed E-state index contributed by atoms with van der Waals surface area (Å²) < 4.78 is 5.20. The fourth-order valence-electron chi connectivity index (χ4n) is 2.61. The summed E-state index contributed by atoms with van der Waals surface area (Å²) in [5.74, 6) is 8.20. The van der Waals surface area contributed by atoms with Gasteiger partial charge in [-0.2, -0.15) is 0 Å². The summed E-state index contributed by atoms with van der Waals surface area (Å²) in [7, 11) is 1.66. The van der Waals surface area contributed by atoms with Crippen LogP contribution in [-0.4, -0.2) is 41.1 Å². The van der Waals surface area contributed by atoms with E-state index in [-0.39, 0.29) is 17.4 Å². The van der Waals surface area contributed by atoms with Gasteiger partial charge < -0.3 is 20.1 Å². The Kier molecular flexibility index (Phi) is 6.89. The number of thiocarbonyl (C=S) groups is 1. The van der Waals surface area contributed by atoms with E-state index in [0.29, 0.717) is 0 Å². The van der Waals surface area contributed by atoms with Crippen LogP contribution in [0.3, 0.4) is 0 Å². The van der Waals surface area contributed by atoms with Gasteiger partial charge in [-0.1, -0.05) is 11.8 Å². The molecule has 7 heteroatoms. The molecule has 0 bridgehead atoms. The first-order valence-corrected chi connectivity index (χ1v) is 11.3. The van der Waals surface area contributed by atoms with Crippen molar-refractivity contribution in [3.05, 3.63) is 46.2 Å². The van der Waals surface area contributed by atoms with Crippen LogP contribution in [0.4, 0.5) is 5.69 Å². The Bertz CT molecular complexity index is 881. The molecule has 0 spiro atoms. The Morgan fingerprint density at radius 2 is 2.07 bits per heavy atom. The van der Waals surface area contributed by atoms with Crippen molar-refractivity contribution in [2.24, 2.45) is 5.41 Å². The number of hydrogen-bond acceptors (Lipinski definition) is 5.